The maximum atomic E-state index is 5.30. The van der Waals surface area contributed by atoms with Crippen LogP contribution in [0.15, 0.2) is 188 Å². The Morgan fingerprint density at radius 2 is 0.868 bits per heavy atom. The zero-order chi connectivity index (χ0) is 35.1. The van der Waals surface area contributed by atoms with Crippen LogP contribution in [0.4, 0.5) is 17.1 Å². The average molecular weight is 682 g/mol. The second kappa shape index (κ2) is 12.7. The van der Waals surface area contributed by atoms with Gasteiger partial charge < -0.3 is 4.90 Å². The van der Waals surface area contributed by atoms with Crippen LogP contribution in [0.3, 0.4) is 0 Å². The molecule has 0 bridgehead atoms. The third-order valence-electron chi connectivity index (χ3n) is 9.57. The quantitative estimate of drug-likeness (QED) is 0.167. The normalized spacial score (nSPS) is 11.4. The number of hydrogen-bond donors (Lipinski definition) is 0. The van der Waals surface area contributed by atoms with Crippen molar-refractivity contribution in [3.05, 3.63) is 188 Å². The first-order valence-electron chi connectivity index (χ1n) is 17.6. The van der Waals surface area contributed by atoms with Gasteiger partial charge in [-0.2, -0.15) is 9.97 Å². The Hall–Kier alpha value is -7.38. The molecule has 0 aliphatic carbocycles. The van der Waals surface area contributed by atoms with Crippen LogP contribution in [-0.4, -0.2) is 29.1 Å². The summed E-state index contributed by atoms with van der Waals surface area (Å²) in [5, 5.41) is 2.23. The van der Waals surface area contributed by atoms with Gasteiger partial charge in [0.2, 0.25) is 11.9 Å². The molecule has 10 rings (SSSR count). The van der Waals surface area contributed by atoms with Gasteiger partial charge in [0, 0.05) is 39.0 Å². The Bertz CT molecular complexity index is 2790. The molecule has 10 aromatic rings. The summed E-state index contributed by atoms with van der Waals surface area (Å²) in [5.74, 6) is 2.36. The van der Waals surface area contributed by atoms with Crippen molar-refractivity contribution in [3.8, 4) is 34.7 Å². The molecule has 0 N–H and O–H groups in total. The molecular weight excluding hydrogens is 651 g/mol. The summed E-state index contributed by atoms with van der Waals surface area (Å²) in [7, 11) is 0. The van der Waals surface area contributed by atoms with E-state index in [9.17, 15) is 0 Å². The van der Waals surface area contributed by atoms with E-state index in [2.05, 4.69) is 111 Å². The highest BCUT2D eigenvalue weighted by atomic mass is 15.3. The Labute approximate surface area is 305 Å². The molecule has 0 atom stereocenters. The van der Waals surface area contributed by atoms with Gasteiger partial charge in [0.25, 0.3) is 0 Å². The number of anilines is 3. The summed E-state index contributed by atoms with van der Waals surface area (Å²) in [6.45, 7) is 0. The molecular formula is C46H31N7. The van der Waals surface area contributed by atoms with Crippen LogP contribution in [0.5, 0.6) is 0 Å². The van der Waals surface area contributed by atoms with Gasteiger partial charge in [-0.1, -0.05) is 127 Å². The minimum Gasteiger partial charge on any atom is -0.310 e. The van der Waals surface area contributed by atoms with Gasteiger partial charge in [-0.05, 0) is 60.7 Å². The highest BCUT2D eigenvalue weighted by Crippen LogP contribution is 2.40. The summed E-state index contributed by atoms with van der Waals surface area (Å²) in [4.78, 5) is 22.8. The summed E-state index contributed by atoms with van der Waals surface area (Å²) < 4.78 is 4.30. The van der Waals surface area contributed by atoms with Gasteiger partial charge in [0.1, 0.15) is 0 Å². The molecule has 3 heterocycles. The van der Waals surface area contributed by atoms with Crippen molar-refractivity contribution < 1.29 is 0 Å². The first-order chi connectivity index (χ1) is 26.3. The second-order valence-corrected chi connectivity index (χ2v) is 12.8. The van der Waals surface area contributed by atoms with E-state index in [1.165, 1.54) is 0 Å². The molecule has 7 nitrogen and oxygen atoms in total. The maximum Gasteiger partial charge on any atom is 0.241 e. The van der Waals surface area contributed by atoms with Gasteiger partial charge in [-0.25, -0.2) is 14.5 Å². The zero-order valence-electron chi connectivity index (χ0n) is 28.5. The van der Waals surface area contributed by atoms with Gasteiger partial charge >= 0.3 is 0 Å². The largest absolute Gasteiger partial charge is 0.310 e. The molecule has 0 aliphatic rings. The lowest BCUT2D eigenvalue weighted by Crippen LogP contribution is -2.11. The lowest BCUT2D eigenvalue weighted by Gasteiger charge is -2.25. The van der Waals surface area contributed by atoms with Crippen molar-refractivity contribution >= 4 is 49.9 Å². The van der Waals surface area contributed by atoms with Crippen molar-refractivity contribution in [2.75, 3.05) is 4.90 Å². The number of fused-ring (bicyclic) bond motifs is 4. The highest BCUT2D eigenvalue weighted by Gasteiger charge is 2.23. The number of nitrogens with zero attached hydrogens (tertiary/aromatic N) is 7. The number of rotatable bonds is 7. The van der Waals surface area contributed by atoms with E-state index in [0.29, 0.717) is 23.5 Å². The van der Waals surface area contributed by atoms with Crippen LogP contribution in [0.25, 0.3) is 67.5 Å². The van der Waals surface area contributed by atoms with Crippen LogP contribution in [0.2, 0.25) is 0 Å². The van der Waals surface area contributed by atoms with Crippen molar-refractivity contribution in [2.24, 2.45) is 0 Å². The summed E-state index contributed by atoms with van der Waals surface area (Å²) >= 11 is 0. The molecule has 3 aromatic heterocycles. The predicted molar refractivity (Wildman–Crippen MR) is 214 cm³/mol. The van der Waals surface area contributed by atoms with Crippen molar-refractivity contribution in [2.45, 2.75) is 0 Å². The number of para-hydroxylation sites is 5. The predicted octanol–water partition coefficient (Wildman–Crippen LogP) is 11.1. The fraction of sp³-hybridized carbons (Fsp3) is 0. The molecule has 0 saturated heterocycles. The van der Waals surface area contributed by atoms with E-state index in [-0.39, 0.29) is 0 Å². The smallest absolute Gasteiger partial charge is 0.241 e. The summed E-state index contributed by atoms with van der Waals surface area (Å²) in [5.41, 5.74) is 8.83. The summed E-state index contributed by atoms with van der Waals surface area (Å²) in [6.07, 6.45) is 0. The summed E-state index contributed by atoms with van der Waals surface area (Å²) in [6, 6.07) is 64.4. The molecule has 0 amide bonds. The Kier molecular flexibility index (Phi) is 7.32. The number of imidazole rings is 1. The molecule has 0 saturated carbocycles. The van der Waals surface area contributed by atoms with Crippen molar-refractivity contribution in [3.63, 3.8) is 0 Å². The third-order valence-corrected chi connectivity index (χ3v) is 9.57. The second-order valence-electron chi connectivity index (χ2n) is 12.8. The fourth-order valence-electron chi connectivity index (χ4n) is 7.17. The van der Waals surface area contributed by atoms with Crippen LogP contribution in [0.1, 0.15) is 0 Å². The molecule has 250 valence electrons. The fourth-order valence-corrected chi connectivity index (χ4v) is 7.17. The van der Waals surface area contributed by atoms with Gasteiger partial charge in [-0.15, -0.1) is 0 Å². The van der Waals surface area contributed by atoms with Gasteiger partial charge in [0.15, 0.2) is 11.6 Å². The van der Waals surface area contributed by atoms with Crippen LogP contribution in [-0.2, 0) is 0 Å². The molecule has 53 heavy (non-hydrogen) atoms. The Morgan fingerprint density at radius 3 is 1.49 bits per heavy atom. The minimum absolute atomic E-state index is 0.489. The SMILES string of the molecule is c1ccc(-c2nc(-c3ccccc3)nc(-n3c(-n4c5ccccc5c5cc(N(c6ccccc6)c6ccccc6)ccc54)nc4ccccc43)n2)cc1. The van der Waals surface area contributed by atoms with Crippen LogP contribution in [0, 0.1) is 0 Å². The highest BCUT2D eigenvalue weighted by molar-refractivity contribution is 6.10. The van der Waals surface area contributed by atoms with Crippen molar-refractivity contribution in [1.82, 2.24) is 29.1 Å². The number of aromatic nitrogens is 6. The lowest BCUT2D eigenvalue weighted by atomic mass is 10.1. The topological polar surface area (TPSA) is 64.7 Å². The van der Waals surface area contributed by atoms with E-state index in [0.717, 1.165) is 61.0 Å². The van der Waals surface area contributed by atoms with E-state index in [1.54, 1.807) is 0 Å². The molecule has 0 unspecified atom stereocenters. The van der Waals surface area contributed by atoms with E-state index < -0.39 is 0 Å². The number of benzene rings is 7. The van der Waals surface area contributed by atoms with E-state index in [4.69, 9.17) is 19.9 Å². The van der Waals surface area contributed by atoms with Crippen LogP contribution < -0.4 is 4.90 Å². The first-order valence-corrected chi connectivity index (χ1v) is 17.6. The maximum absolute atomic E-state index is 5.30. The standard InChI is InChI=1S/C46H31N7/c1-5-17-32(18-6-1)43-48-44(33-19-7-2-8-20-33)50-45(49-43)53-42-28-16-14-26-39(42)47-46(53)52-40-27-15-13-25-37(40)38-31-36(29-30-41(38)52)51(34-21-9-3-10-22-34)35-23-11-4-12-24-35/h1-31H. The monoisotopic (exact) mass is 681 g/mol. The number of hydrogen-bond acceptors (Lipinski definition) is 5. The van der Waals surface area contributed by atoms with E-state index >= 15 is 0 Å². The molecule has 7 aromatic carbocycles. The molecule has 7 heteroatoms. The third kappa shape index (κ3) is 5.30. The molecule has 0 aliphatic heterocycles. The Balaban J connectivity index is 1.24. The average Bonchev–Trinajstić information content (AvgIpc) is 3.78. The Morgan fingerprint density at radius 1 is 0.358 bits per heavy atom. The molecule has 0 radical (unpaired) electrons. The first kappa shape index (κ1) is 30.4. The van der Waals surface area contributed by atoms with Gasteiger partial charge in [-0.3, -0.25) is 4.57 Å². The minimum atomic E-state index is 0.489. The molecule has 0 spiro atoms. The van der Waals surface area contributed by atoms with E-state index in [1.807, 2.05) is 91.0 Å². The zero-order valence-corrected chi connectivity index (χ0v) is 28.5. The van der Waals surface area contributed by atoms with Crippen molar-refractivity contribution in [1.29, 1.82) is 0 Å². The van der Waals surface area contributed by atoms with Crippen LogP contribution >= 0.6 is 0 Å². The molecule has 0 fully saturated rings. The lowest BCUT2D eigenvalue weighted by molar-refractivity contribution is 0.876. The van der Waals surface area contributed by atoms with Gasteiger partial charge in [0.05, 0.1) is 22.1 Å².